The van der Waals surface area contributed by atoms with Crippen molar-refractivity contribution in [3.63, 3.8) is 0 Å². The molecule has 1 heterocycles. The summed E-state index contributed by atoms with van der Waals surface area (Å²) in [5.41, 5.74) is 2.35. The topological polar surface area (TPSA) is 26.3 Å². The summed E-state index contributed by atoms with van der Waals surface area (Å²) >= 11 is 0. The van der Waals surface area contributed by atoms with Crippen molar-refractivity contribution in [1.29, 1.82) is 0 Å². The van der Waals surface area contributed by atoms with Crippen LogP contribution in [0.2, 0.25) is 0 Å². The van der Waals surface area contributed by atoms with E-state index in [1.807, 2.05) is 13.0 Å². The van der Waals surface area contributed by atoms with Gasteiger partial charge < -0.3 is 4.74 Å². The Balaban J connectivity index is 2.27. The van der Waals surface area contributed by atoms with Gasteiger partial charge in [-0.25, -0.2) is 0 Å². The number of carbonyl (C=O) groups excluding carboxylic acids is 1. The number of ketones is 1. The van der Waals surface area contributed by atoms with Gasteiger partial charge in [-0.2, -0.15) is 0 Å². The SMILES string of the molecule is CC(=O)C1COc2cc(C)ccc2C1. The highest BCUT2D eigenvalue weighted by Gasteiger charge is 2.22. The quantitative estimate of drug-likeness (QED) is 0.678. The summed E-state index contributed by atoms with van der Waals surface area (Å²) in [7, 11) is 0. The van der Waals surface area contributed by atoms with Crippen LogP contribution in [0, 0.1) is 12.8 Å². The minimum atomic E-state index is 0.0465. The Morgan fingerprint density at radius 2 is 2.29 bits per heavy atom. The molecule has 0 amide bonds. The number of ether oxygens (including phenoxy) is 1. The smallest absolute Gasteiger partial charge is 0.136 e. The summed E-state index contributed by atoms with van der Waals surface area (Å²) in [6.07, 6.45) is 0.824. The lowest BCUT2D eigenvalue weighted by molar-refractivity contribution is -0.121. The minimum absolute atomic E-state index is 0.0465. The number of hydrogen-bond donors (Lipinski definition) is 0. The van der Waals surface area contributed by atoms with Crippen LogP contribution in [0.15, 0.2) is 18.2 Å². The fraction of sp³-hybridized carbons (Fsp3) is 0.417. The van der Waals surface area contributed by atoms with Crippen LogP contribution in [0.5, 0.6) is 5.75 Å². The molecule has 14 heavy (non-hydrogen) atoms. The maximum atomic E-state index is 11.2. The van der Waals surface area contributed by atoms with Crippen LogP contribution in [0.25, 0.3) is 0 Å². The molecule has 0 fully saturated rings. The van der Waals surface area contributed by atoms with Crippen LogP contribution in [-0.2, 0) is 11.2 Å². The summed E-state index contributed by atoms with van der Waals surface area (Å²) < 4.78 is 5.56. The van der Waals surface area contributed by atoms with E-state index in [0.717, 1.165) is 17.7 Å². The van der Waals surface area contributed by atoms with Crippen molar-refractivity contribution >= 4 is 5.78 Å². The molecular formula is C12H14O2. The second-order valence-corrected chi connectivity index (χ2v) is 3.93. The van der Waals surface area contributed by atoms with Gasteiger partial charge in [0.2, 0.25) is 0 Å². The lowest BCUT2D eigenvalue weighted by atomic mass is 9.93. The zero-order valence-corrected chi connectivity index (χ0v) is 8.54. The molecule has 1 aromatic carbocycles. The summed E-state index contributed by atoms with van der Waals surface area (Å²) in [4.78, 5) is 11.2. The molecule has 0 saturated carbocycles. The highest BCUT2D eigenvalue weighted by Crippen LogP contribution is 2.28. The van der Waals surface area contributed by atoms with Gasteiger partial charge >= 0.3 is 0 Å². The van der Waals surface area contributed by atoms with E-state index in [0.29, 0.717) is 6.61 Å². The van der Waals surface area contributed by atoms with Crippen LogP contribution in [-0.4, -0.2) is 12.4 Å². The van der Waals surface area contributed by atoms with E-state index in [1.165, 1.54) is 5.56 Å². The molecule has 0 spiro atoms. The molecule has 0 aromatic heterocycles. The lowest BCUT2D eigenvalue weighted by Crippen LogP contribution is -2.26. The van der Waals surface area contributed by atoms with Crippen LogP contribution >= 0.6 is 0 Å². The van der Waals surface area contributed by atoms with Gasteiger partial charge in [0.1, 0.15) is 11.5 Å². The molecule has 1 atom stereocenters. The summed E-state index contributed by atoms with van der Waals surface area (Å²) in [5.74, 6) is 1.21. The summed E-state index contributed by atoms with van der Waals surface area (Å²) in [6, 6.07) is 6.15. The van der Waals surface area contributed by atoms with Gasteiger partial charge in [0.25, 0.3) is 0 Å². The number of benzene rings is 1. The van der Waals surface area contributed by atoms with Gasteiger partial charge in [0.15, 0.2) is 0 Å². The fourth-order valence-corrected chi connectivity index (χ4v) is 1.74. The molecule has 1 aliphatic rings. The molecule has 0 bridgehead atoms. The van der Waals surface area contributed by atoms with Gasteiger partial charge in [-0.15, -0.1) is 0 Å². The normalized spacial score (nSPS) is 19.7. The monoisotopic (exact) mass is 190 g/mol. The van der Waals surface area contributed by atoms with E-state index in [1.54, 1.807) is 6.92 Å². The van der Waals surface area contributed by atoms with Crippen molar-refractivity contribution in [1.82, 2.24) is 0 Å². The third-order valence-corrected chi connectivity index (χ3v) is 2.70. The molecule has 0 saturated heterocycles. The van der Waals surface area contributed by atoms with Crippen molar-refractivity contribution in [3.8, 4) is 5.75 Å². The third-order valence-electron chi connectivity index (χ3n) is 2.70. The number of aryl methyl sites for hydroxylation is 1. The Morgan fingerprint density at radius 1 is 1.50 bits per heavy atom. The minimum Gasteiger partial charge on any atom is -0.493 e. The number of Topliss-reactive ketones (excluding diaryl/α,β-unsaturated/α-hetero) is 1. The fourth-order valence-electron chi connectivity index (χ4n) is 1.74. The maximum Gasteiger partial charge on any atom is 0.136 e. The average molecular weight is 190 g/mol. The van der Waals surface area contributed by atoms with E-state index in [4.69, 9.17) is 4.74 Å². The predicted molar refractivity (Wildman–Crippen MR) is 54.5 cm³/mol. The van der Waals surface area contributed by atoms with E-state index in [-0.39, 0.29) is 11.7 Å². The Kier molecular flexibility index (Phi) is 2.28. The molecule has 0 N–H and O–H groups in total. The molecule has 1 aromatic rings. The number of rotatable bonds is 1. The van der Waals surface area contributed by atoms with Crippen molar-refractivity contribution in [2.45, 2.75) is 20.3 Å². The zero-order chi connectivity index (χ0) is 10.1. The predicted octanol–water partition coefficient (Wildman–Crippen LogP) is 2.14. The molecule has 0 radical (unpaired) electrons. The summed E-state index contributed by atoms with van der Waals surface area (Å²) in [6.45, 7) is 4.21. The Bertz CT molecular complexity index is 369. The molecule has 1 unspecified atom stereocenters. The van der Waals surface area contributed by atoms with Crippen LogP contribution < -0.4 is 4.74 Å². The van der Waals surface area contributed by atoms with Crippen molar-refractivity contribution in [2.24, 2.45) is 5.92 Å². The molecular weight excluding hydrogens is 176 g/mol. The van der Waals surface area contributed by atoms with Gasteiger partial charge in [0.05, 0.1) is 12.5 Å². The van der Waals surface area contributed by atoms with E-state index < -0.39 is 0 Å². The highest BCUT2D eigenvalue weighted by molar-refractivity contribution is 5.79. The number of fused-ring (bicyclic) bond motifs is 1. The first-order valence-corrected chi connectivity index (χ1v) is 4.89. The van der Waals surface area contributed by atoms with Crippen molar-refractivity contribution in [2.75, 3.05) is 6.61 Å². The van der Waals surface area contributed by atoms with Gasteiger partial charge in [-0.1, -0.05) is 12.1 Å². The van der Waals surface area contributed by atoms with Gasteiger partial charge in [-0.05, 0) is 37.5 Å². The van der Waals surface area contributed by atoms with E-state index in [2.05, 4.69) is 12.1 Å². The number of carbonyl (C=O) groups is 1. The molecule has 2 heteroatoms. The largest absolute Gasteiger partial charge is 0.493 e. The van der Waals surface area contributed by atoms with E-state index in [9.17, 15) is 4.79 Å². The molecule has 2 rings (SSSR count). The van der Waals surface area contributed by atoms with Gasteiger partial charge in [0, 0.05) is 0 Å². The lowest BCUT2D eigenvalue weighted by Gasteiger charge is -2.23. The van der Waals surface area contributed by atoms with Crippen LogP contribution in [0.3, 0.4) is 0 Å². The van der Waals surface area contributed by atoms with Crippen LogP contribution in [0.1, 0.15) is 18.1 Å². The van der Waals surface area contributed by atoms with Crippen molar-refractivity contribution in [3.05, 3.63) is 29.3 Å². The molecule has 0 aliphatic carbocycles. The molecule has 2 nitrogen and oxygen atoms in total. The highest BCUT2D eigenvalue weighted by atomic mass is 16.5. The third kappa shape index (κ3) is 1.65. The first-order valence-electron chi connectivity index (χ1n) is 4.89. The molecule has 74 valence electrons. The Morgan fingerprint density at radius 3 is 3.00 bits per heavy atom. The maximum absolute atomic E-state index is 11.2. The summed E-state index contributed by atoms with van der Waals surface area (Å²) in [5, 5.41) is 0. The standard InChI is InChI=1S/C12H14O2/c1-8-3-4-10-6-11(9(2)13)7-14-12(10)5-8/h3-5,11H,6-7H2,1-2H3. The van der Waals surface area contributed by atoms with E-state index >= 15 is 0 Å². The Hall–Kier alpha value is -1.31. The number of hydrogen-bond acceptors (Lipinski definition) is 2. The molecule has 1 aliphatic heterocycles. The first-order chi connectivity index (χ1) is 6.66. The van der Waals surface area contributed by atoms with Crippen molar-refractivity contribution < 1.29 is 9.53 Å². The first kappa shape index (κ1) is 9.25. The van der Waals surface area contributed by atoms with Gasteiger partial charge in [-0.3, -0.25) is 4.79 Å². The second-order valence-electron chi connectivity index (χ2n) is 3.93. The zero-order valence-electron chi connectivity index (χ0n) is 8.54. The average Bonchev–Trinajstić information content (AvgIpc) is 2.16. The van der Waals surface area contributed by atoms with Crippen LogP contribution in [0.4, 0.5) is 0 Å². The Labute approximate surface area is 83.9 Å². The second kappa shape index (κ2) is 3.45.